The fraction of sp³-hybridized carbons (Fsp3) is 0.600. The first-order valence-corrected chi connectivity index (χ1v) is 6.58. The fourth-order valence-corrected chi connectivity index (χ4v) is 2.89. The van der Waals surface area contributed by atoms with Crippen molar-refractivity contribution < 1.29 is 4.74 Å². The van der Waals surface area contributed by atoms with Gasteiger partial charge in [-0.1, -0.05) is 31.2 Å². The van der Waals surface area contributed by atoms with Gasteiger partial charge in [-0.15, -0.1) is 0 Å². The minimum atomic E-state index is 0.637. The van der Waals surface area contributed by atoms with Crippen LogP contribution in [-0.2, 0) is 11.3 Å². The zero-order valence-corrected chi connectivity index (χ0v) is 11.1. The van der Waals surface area contributed by atoms with Gasteiger partial charge in [0.05, 0.1) is 6.61 Å². The van der Waals surface area contributed by atoms with Crippen LogP contribution < -0.4 is 5.32 Å². The van der Waals surface area contributed by atoms with Gasteiger partial charge in [-0.2, -0.15) is 0 Å². The molecule has 0 bridgehead atoms. The van der Waals surface area contributed by atoms with Crippen LogP contribution in [0.1, 0.15) is 43.7 Å². The summed E-state index contributed by atoms with van der Waals surface area (Å²) in [5.74, 6) is 0.673. The molecule has 17 heavy (non-hydrogen) atoms. The third-order valence-electron chi connectivity index (χ3n) is 3.75. The summed E-state index contributed by atoms with van der Waals surface area (Å²) in [7, 11) is 1.74. The van der Waals surface area contributed by atoms with Crippen molar-refractivity contribution in [3.63, 3.8) is 0 Å². The maximum Gasteiger partial charge on any atom is 0.0713 e. The third-order valence-corrected chi connectivity index (χ3v) is 3.75. The Balaban J connectivity index is 2.11. The predicted octanol–water partition coefficient (Wildman–Crippen LogP) is 3.08. The zero-order chi connectivity index (χ0) is 12.3. The van der Waals surface area contributed by atoms with Gasteiger partial charge in [0.2, 0.25) is 0 Å². The lowest BCUT2D eigenvalue weighted by Gasteiger charge is -2.18. The van der Waals surface area contributed by atoms with E-state index in [1.54, 1.807) is 7.11 Å². The highest BCUT2D eigenvalue weighted by atomic mass is 16.5. The van der Waals surface area contributed by atoms with Crippen LogP contribution in [0.3, 0.4) is 0 Å². The Morgan fingerprint density at radius 1 is 1.29 bits per heavy atom. The van der Waals surface area contributed by atoms with E-state index in [2.05, 4.69) is 43.4 Å². The lowest BCUT2D eigenvalue weighted by atomic mass is 9.89. The molecule has 0 aliphatic carbocycles. The summed E-state index contributed by atoms with van der Waals surface area (Å²) in [6.07, 6.45) is 2.46. The first-order chi connectivity index (χ1) is 8.24. The summed E-state index contributed by atoms with van der Waals surface area (Å²) in [6.45, 7) is 5.25. The van der Waals surface area contributed by atoms with Crippen molar-refractivity contribution in [2.24, 2.45) is 0 Å². The van der Waals surface area contributed by atoms with Gasteiger partial charge in [0.25, 0.3) is 0 Å². The fourth-order valence-electron chi connectivity index (χ4n) is 2.89. The molecule has 94 valence electrons. The Morgan fingerprint density at radius 3 is 2.59 bits per heavy atom. The van der Waals surface area contributed by atoms with E-state index in [-0.39, 0.29) is 0 Å². The van der Waals surface area contributed by atoms with Crippen LogP contribution in [0.15, 0.2) is 24.3 Å². The normalized spacial score (nSPS) is 28.5. The van der Waals surface area contributed by atoms with E-state index >= 15 is 0 Å². The van der Waals surface area contributed by atoms with Crippen LogP contribution in [0.2, 0.25) is 0 Å². The Hall–Kier alpha value is -0.860. The van der Waals surface area contributed by atoms with Gasteiger partial charge in [0, 0.05) is 25.1 Å². The van der Waals surface area contributed by atoms with E-state index in [9.17, 15) is 0 Å². The van der Waals surface area contributed by atoms with Crippen LogP contribution in [0.4, 0.5) is 0 Å². The quantitative estimate of drug-likeness (QED) is 0.863. The molecule has 1 fully saturated rings. The van der Waals surface area contributed by atoms with Crippen LogP contribution in [0.25, 0.3) is 0 Å². The SMILES string of the molecule is CCC1NC(C)CC1c1ccc(COC)cc1. The van der Waals surface area contributed by atoms with Crippen molar-refractivity contribution in [3.8, 4) is 0 Å². The van der Waals surface area contributed by atoms with E-state index in [0.29, 0.717) is 24.6 Å². The molecule has 2 rings (SSSR count). The molecule has 1 aromatic carbocycles. The lowest BCUT2D eigenvalue weighted by molar-refractivity contribution is 0.185. The smallest absolute Gasteiger partial charge is 0.0713 e. The number of hydrogen-bond donors (Lipinski definition) is 1. The maximum atomic E-state index is 5.14. The van der Waals surface area contributed by atoms with E-state index in [4.69, 9.17) is 4.74 Å². The number of rotatable bonds is 4. The molecule has 2 heteroatoms. The molecule has 3 atom stereocenters. The molecule has 1 heterocycles. The molecule has 1 N–H and O–H groups in total. The average Bonchev–Trinajstić information content (AvgIpc) is 2.72. The number of ether oxygens (including phenoxy) is 1. The molecule has 0 amide bonds. The summed E-state index contributed by atoms with van der Waals surface area (Å²) in [6, 6.07) is 10.2. The number of nitrogens with one attached hydrogen (secondary N) is 1. The van der Waals surface area contributed by atoms with Gasteiger partial charge >= 0.3 is 0 Å². The summed E-state index contributed by atoms with van der Waals surface area (Å²) >= 11 is 0. The number of benzene rings is 1. The third kappa shape index (κ3) is 2.88. The Morgan fingerprint density at radius 2 is 2.00 bits per heavy atom. The largest absolute Gasteiger partial charge is 0.380 e. The summed E-state index contributed by atoms with van der Waals surface area (Å²) in [5.41, 5.74) is 2.72. The van der Waals surface area contributed by atoms with Crippen molar-refractivity contribution in [2.75, 3.05) is 7.11 Å². The Bertz CT molecular complexity index is 346. The van der Waals surface area contributed by atoms with Crippen LogP contribution in [0.5, 0.6) is 0 Å². The average molecular weight is 233 g/mol. The van der Waals surface area contributed by atoms with Crippen molar-refractivity contribution in [3.05, 3.63) is 35.4 Å². The van der Waals surface area contributed by atoms with Crippen LogP contribution in [0, 0.1) is 0 Å². The summed E-state index contributed by atoms with van der Waals surface area (Å²) in [4.78, 5) is 0. The lowest BCUT2D eigenvalue weighted by Crippen LogP contribution is -2.28. The molecule has 1 aliphatic rings. The first-order valence-electron chi connectivity index (χ1n) is 6.58. The highest BCUT2D eigenvalue weighted by Crippen LogP contribution is 2.32. The molecule has 1 aromatic rings. The minimum Gasteiger partial charge on any atom is -0.380 e. The van der Waals surface area contributed by atoms with Gasteiger partial charge in [-0.3, -0.25) is 0 Å². The van der Waals surface area contributed by atoms with E-state index in [1.165, 1.54) is 24.0 Å². The zero-order valence-electron chi connectivity index (χ0n) is 11.1. The van der Waals surface area contributed by atoms with E-state index < -0.39 is 0 Å². The number of hydrogen-bond acceptors (Lipinski definition) is 2. The highest BCUT2D eigenvalue weighted by molar-refractivity contribution is 5.27. The van der Waals surface area contributed by atoms with Crippen molar-refractivity contribution in [2.45, 2.75) is 51.3 Å². The van der Waals surface area contributed by atoms with Gasteiger partial charge in [-0.25, -0.2) is 0 Å². The van der Waals surface area contributed by atoms with Crippen molar-refractivity contribution in [1.29, 1.82) is 0 Å². The summed E-state index contributed by atoms with van der Waals surface area (Å²) < 4.78 is 5.14. The van der Waals surface area contributed by atoms with Crippen molar-refractivity contribution >= 4 is 0 Å². The molecule has 1 aliphatic heterocycles. The Labute approximate surface area is 104 Å². The Kier molecular flexibility index (Phi) is 4.19. The monoisotopic (exact) mass is 233 g/mol. The van der Waals surface area contributed by atoms with Gasteiger partial charge in [0.1, 0.15) is 0 Å². The second-order valence-corrected chi connectivity index (χ2v) is 5.10. The van der Waals surface area contributed by atoms with Gasteiger partial charge in [-0.05, 0) is 30.9 Å². The molecule has 0 radical (unpaired) electrons. The van der Waals surface area contributed by atoms with Gasteiger partial charge < -0.3 is 10.1 Å². The molecule has 0 saturated carbocycles. The topological polar surface area (TPSA) is 21.3 Å². The standard InChI is InChI=1S/C15H23NO/c1-4-15-14(9-11(2)16-15)13-7-5-12(6-8-13)10-17-3/h5-8,11,14-16H,4,9-10H2,1-3H3. The molecule has 2 nitrogen and oxygen atoms in total. The first kappa shape index (κ1) is 12.6. The molecule has 3 unspecified atom stereocenters. The van der Waals surface area contributed by atoms with Crippen LogP contribution in [-0.4, -0.2) is 19.2 Å². The summed E-state index contributed by atoms with van der Waals surface area (Å²) in [5, 5.41) is 3.67. The van der Waals surface area contributed by atoms with Crippen molar-refractivity contribution in [1.82, 2.24) is 5.32 Å². The maximum absolute atomic E-state index is 5.14. The molecule has 1 saturated heterocycles. The highest BCUT2D eigenvalue weighted by Gasteiger charge is 2.30. The minimum absolute atomic E-state index is 0.637. The molecular formula is C15H23NO. The van der Waals surface area contributed by atoms with Crippen LogP contribution >= 0.6 is 0 Å². The van der Waals surface area contributed by atoms with Gasteiger partial charge in [0.15, 0.2) is 0 Å². The van der Waals surface area contributed by atoms with E-state index in [1.807, 2.05) is 0 Å². The predicted molar refractivity (Wildman–Crippen MR) is 71.2 cm³/mol. The molecule has 0 aromatic heterocycles. The number of methoxy groups -OCH3 is 1. The molecule has 0 spiro atoms. The second kappa shape index (κ2) is 5.65. The second-order valence-electron chi connectivity index (χ2n) is 5.10. The molecular weight excluding hydrogens is 210 g/mol. The van der Waals surface area contributed by atoms with E-state index in [0.717, 1.165) is 0 Å².